The number of aliphatic hydroxyl groups excluding tert-OH is 2. The first-order valence-electron chi connectivity index (χ1n) is 7.99. The van der Waals surface area contributed by atoms with Crippen LogP contribution in [0.25, 0.3) is 0 Å². The highest BCUT2D eigenvalue weighted by atomic mass is 16.7. The van der Waals surface area contributed by atoms with Gasteiger partial charge in [0.2, 0.25) is 5.79 Å². The summed E-state index contributed by atoms with van der Waals surface area (Å²) in [6.45, 7) is 5.95. The third-order valence-electron chi connectivity index (χ3n) is 7.35. The summed E-state index contributed by atoms with van der Waals surface area (Å²) < 4.78 is 17.8. The fraction of sp³-hybridized carbons (Fsp3) is 0.875. The zero-order chi connectivity index (χ0) is 15.7. The van der Waals surface area contributed by atoms with Crippen molar-refractivity contribution in [1.82, 2.24) is 0 Å². The highest BCUT2D eigenvalue weighted by Gasteiger charge is 2.88. The van der Waals surface area contributed by atoms with Gasteiger partial charge in [-0.3, -0.25) is 0 Å². The molecule has 3 heterocycles. The standard InChI is InChI=1S/C16H22O6/c1-7-4-10-14(6-20-16(7,19)12(14)18)13(3)5-9(17)11(21-10)15(13)8(2)22-15/h4,8-12,17-19H,5-6H2,1-3H3/t8-,9-,10-,11-,12+,13-,14-,15+,16-/m1/s1. The summed E-state index contributed by atoms with van der Waals surface area (Å²) >= 11 is 0. The van der Waals surface area contributed by atoms with Crippen molar-refractivity contribution in [2.45, 2.75) is 69.1 Å². The number of rotatable bonds is 0. The molecule has 9 atom stereocenters. The smallest absolute Gasteiger partial charge is 0.215 e. The molecule has 0 aromatic heterocycles. The molecule has 22 heavy (non-hydrogen) atoms. The molecule has 6 heteroatoms. The number of fused-ring (bicyclic) bond motifs is 1. The average Bonchev–Trinajstić information content (AvgIpc) is 3.03. The van der Waals surface area contributed by atoms with Gasteiger partial charge in [-0.15, -0.1) is 0 Å². The molecule has 5 aliphatic rings. The molecule has 3 saturated heterocycles. The van der Waals surface area contributed by atoms with Gasteiger partial charge in [-0.05, 0) is 25.8 Å². The maximum Gasteiger partial charge on any atom is 0.215 e. The lowest BCUT2D eigenvalue weighted by Gasteiger charge is -2.57. The predicted molar refractivity (Wildman–Crippen MR) is 73.8 cm³/mol. The van der Waals surface area contributed by atoms with Crippen molar-refractivity contribution in [2.24, 2.45) is 10.8 Å². The third-order valence-corrected chi connectivity index (χ3v) is 7.35. The summed E-state index contributed by atoms with van der Waals surface area (Å²) in [6.07, 6.45) is -0.234. The van der Waals surface area contributed by atoms with E-state index < -0.39 is 40.5 Å². The first kappa shape index (κ1) is 13.9. The molecular weight excluding hydrogens is 288 g/mol. The van der Waals surface area contributed by atoms with Gasteiger partial charge in [0, 0.05) is 5.41 Å². The number of aliphatic hydroxyl groups is 3. The Bertz CT molecular complexity index is 605. The van der Waals surface area contributed by atoms with Gasteiger partial charge in [-0.2, -0.15) is 0 Å². The Morgan fingerprint density at radius 1 is 1.32 bits per heavy atom. The van der Waals surface area contributed by atoms with Crippen molar-refractivity contribution in [1.29, 1.82) is 0 Å². The Morgan fingerprint density at radius 2 is 2.00 bits per heavy atom. The van der Waals surface area contributed by atoms with Gasteiger partial charge >= 0.3 is 0 Å². The van der Waals surface area contributed by atoms with Crippen LogP contribution in [-0.2, 0) is 14.2 Å². The number of hydrogen-bond acceptors (Lipinski definition) is 6. The van der Waals surface area contributed by atoms with E-state index >= 15 is 0 Å². The fourth-order valence-electron chi connectivity index (χ4n) is 6.06. The summed E-state index contributed by atoms with van der Waals surface area (Å²) in [6, 6.07) is 0. The first-order valence-corrected chi connectivity index (χ1v) is 7.99. The summed E-state index contributed by atoms with van der Waals surface area (Å²) in [5.41, 5.74) is -1.36. The molecule has 0 aromatic carbocycles. The van der Waals surface area contributed by atoms with E-state index in [1.807, 2.05) is 19.9 Å². The van der Waals surface area contributed by atoms with E-state index in [1.165, 1.54) is 0 Å². The molecule has 0 aromatic rings. The lowest BCUT2D eigenvalue weighted by molar-refractivity contribution is -0.245. The second kappa shape index (κ2) is 3.45. The van der Waals surface area contributed by atoms with E-state index in [9.17, 15) is 15.3 Å². The SMILES string of the molecule is CC1=C[C@H]2O[C@@H]3[C@H](O)C[C@](C)([C@]24CO[C@@]1(O)[C@H]4O)[C@@]31O[C@@H]1C. The van der Waals surface area contributed by atoms with Crippen LogP contribution in [0.1, 0.15) is 27.2 Å². The molecule has 2 spiro atoms. The van der Waals surface area contributed by atoms with Crippen molar-refractivity contribution in [3.63, 3.8) is 0 Å². The van der Waals surface area contributed by atoms with Crippen LogP contribution in [0.2, 0.25) is 0 Å². The highest BCUT2D eigenvalue weighted by molar-refractivity contribution is 5.40. The van der Waals surface area contributed by atoms with E-state index in [0.29, 0.717) is 12.0 Å². The van der Waals surface area contributed by atoms with Crippen LogP contribution >= 0.6 is 0 Å². The largest absolute Gasteiger partial charge is 0.390 e. The average molecular weight is 310 g/mol. The maximum absolute atomic E-state index is 11.0. The van der Waals surface area contributed by atoms with E-state index in [-0.39, 0.29) is 18.8 Å². The van der Waals surface area contributed by atoms with Gasteiger partial charge in [0.05, 0.1) is 30.3 Å². The molecule has 2 aliphatic carbocycles. The monoisotopic (exact) mass is 310 g/mol. The van der Waals surface area contributed by atoms with Crippen LogP contribution in [-0.4, -0.2) is 63.8 Å². The Morgan fingerprint density at radius 3 is 2.64 bits per heavy atom. The quantitative estimate of drug-likeness (QED) is 0.421. The topological polar surface area (TPSA) is 91.7 Å². The number of ether oxygens (including phenoxy) is 3. The number of epoxide rings is 1. The molecule has 3 N–H and O–H groups in total. The second-order valence-corrected chi connectivity index (χ2v) is 7.91. The third kappa shape index (κ3) is 1.03. The Balaban J connectivity index is 1.76. The molecular formula is C16H22O6. The summed E-state index contributed by atoms with van der Waals surface area (Å²) in [7, 11) is 0. The van der Waals surface area contributed by atoms with Gasteiger partial charge in [0.15, 0.2) is 0 Å². The normalized spacial score (nSPS) is 68.1. The molecule has 122 valence electrons. The Hall–Kier alpha value is -0.500. The van der Waals surface area contributed by atoms with Crippen molar-refractivity contribution < 1.29 is 29.5 Å². The maximum atomic E-state index is 11.0. The van der Waals surface area contributed by atoms with Gasteiger partial charge < -0.3 is 29.5 Å². The first-order chi connectivity index (χ1) is 10.2. The predicted octanol–water partition coefficient (Wildman–Crippen LogP) is -0.292. The van der Waals surface area contributed by atoms with E-state index in [0.717, 1.165) is 0 Å². The van der Waals surface area contributed by atoms with Crippen LogP contribution in [0.5, 0.6) is 0 Å². The minimum absolute atomic E-state index is 0.0390. The summed E-state index contributed by atoms with van der Waals surface area (Å²) in [5.74, 6) is -1.66. The van der Waals surface area contributed by atoms with Crippen molar-refractivity contribution in [3.8, 4) is 0 Å². The van der Waals surface area contributed by atoms with Gasteiger partial charge in [-0.25, -0.2) is 0 Å². The minimum atomic E-state index is -1.66. The zero-order valence-electron chi connectivity index (χ0n) is 12.9. The highest BCUT2D eigenvalue weighted by Crippen LogP contribution is 2.75. The molecule has 0 amide bonds. The van der Waals surface area contributed by atoms with Crippen LogP contribution in [0.4, 0.5) is 0 Å². The molecule has 1 saturated carbocycles. The van der Waals surface area contributed by atoms with Crippen LogP contribution in [0, 0.1) is 10.8 Å². The van der Waals surface area contributed by atoms with Crippen LogP contribution in [0.3, 0.4) is 0 Å². The second-order valence-electron chi connectivity index (χ2n) is 7.91. The molecule has 0 unspecified atom stereocenters. The van der Waals surface area contributed by atoms with Crippen LogP contribution < -0.4 is 0 Å². The summed E-state index contributed by atoms with van der Waals surface area (Å²) in [5, 5.41) is 32.3. The Kier molecular flexibility index (Phi) is 2.18. The van der Waals surface area contributed by atoms with E-state index in [4.69, 9.17) is 14.2 Å². The molecule has 4 fully saturated rings. The van der Waals surface area contributed by atoms with Gasteiger partial charge in [-0.1, -0.05) is 13.0 Å². The Labute approximate surface area is 128 Å². The van der Waals surface area contributed by atoms with Crippen molar-refractivity contribution in [3.05, 3.63) is 11.6 Å². The zero-order valence-corrected chi connectivity index (χ0v) is 12.9. The van der Waals surface area contributed by atoms with Gasteiger partial charge in [0.1, 0.15) is 17.8 Å². The van der Waals surface area contributed by atoms with Crippen molar-refractivity contribution in [2.75, 3.05) is 6.61 Å². The molecule has 3 aliphatic heterocycles. The molecule has 0 radical (unpaired) electrons. The lowest BCUT2D eigenvalue weighted by Crippen LogP contribution is -2.69. The molecule has 6 nitrogen and oxygen atoms in total. The molecule has 4 bridgehead atoms. The number of hydrogen-bond donors (Lipinski definition) is 3. The van der Waals surface area contributed by atoms with Gasteiger partial charge in [0.25, 0.3) is 0 Å². The van der Waals surface area contributed by atoms with E-state index in [2.05, 4.69) is 0 Å². The van der Waals surface area contributed by atoms with E-state index in [1.54, 1.807) is 6.92 Å². The van der Waals surface area contributed by atoms with Crippen LogP contribution in [0.15, 0.2) is 11.6 Å². The summed E-state index contributed by atoms with van der Waals surface area (Å²) in [4.78, 5) is 0. The minimum Gasteiger partial charge on any atom is -0.390 e. The fourth-order valence-corrected chi connectivity index (χ4v) is 6.06. The lowest BCUT2D eigenvalue weighted by atomic mass is 9.50. The van der Waals surface area contributed by atoms with Crippen molar-refractivity contribution >= 4 is 0 Å². The molecule has 5 rings (SSSR count).